The average Bonchev–Trinajstić information content (AvgIpc) is 2.95. The Morgan fingerprint density at radius 1 is 1.25 bits per heavy atom. The van der Waals surface area contributed by atoms with Crippen LogP contribution in [0, 0.1) is 10.1 Å². The van der Waals surface area contributed by atoms with Gasteiger partial charge in [-0.2, -0.15) is 0 Å². The number of nitrogens with zero attached hydrogens (tertiary/aromatic N) is 2. The summed E-state index contributed by atoms with van der Waals surface area (Å²) >= 11 is 15.0. The number of ether oxygens (including phenoxy) is 1. The van der Waals surface area contributed by atoms with Crippen LogP contribution >= 0.6 is 46.3 Å². The van der Waals surface area contributed by atoms with Crippen LogP contribution in [0.5, 0.6) is 5.75 Å². The van der Waals surface area contributed by atoms with Crippen molar-refractivity contribution < 1.29 is 9.66 Å². The molecule has 0 spiro atoms. The van der Waals surface area contributed by atoms with Crippen LogP contribution in [0.4, 0.5) is 5.69 Å². The van der Waals surface area contributed by atoms with Gasteiger partial charge in [0.05, 0.1) is 31.8 Å². The molecule has 0 aliphatic heterocycles. The number of fused-ring (bicyclic) bond motifs is 1. The molecule has 3 rings (SSSR count). The highest BCUT2D eigenvalue weighted by atomic mass is 35.5. The van der Waals surface area contributed by atoms with E-state index in [4.69, 9.17) is 27.9 Å². The second-order valence-corrected chi connectivity index (χ2v) is 7.82. The van der Waals surface area contributed by atoms with Crippen LogP contribution in [0.2, 0.25) is 10.0 Å². The molecule has 1 heterocycles. The topological polar surface area (TPSA) is 65.3 Å². The number of benzene rings is 2. The maximum Gasteiger partial charge on any atom is 0.270 e. The van der Waals surface area contributed by atoms with E-state index in [0.717, 1.165) is 14.6 Å². The van der Waals surface area contributed by atoms with E-state index in [9.17, 15) is 10.1 Å². The SMILES string of the molecule is O=[N+]([O-])c1ccc2nc(SCCOc3c(Cl)cccc3Cl)sc2c1. The van der Waals surface area contributed by atoms with Gasteiger partial charge in [-0.05, 0) is 18.2 Å². The summed E-state index contributed by atoms with van der Waals surface area (Å²) in [6.45, 7) is 0.421. The number of thiazole rings is 1. The minimum Gasteiger partial charge on any atom is -0.490 e. The standard InChI is InChI=1S/C15H10Cl2N2O3S2/c16-10-2-1-3-11(17)14(10)22-6-7-23-15-18-12-5-4-9(19(20)21)8-13(12)24-15/h1-5,8H,6-7H2. The molecule has 0 saturated heterocycles. The van der Waals surface area contributed by atoms with Crippen molar-refractivity contribution >= 4 is 62.2 Å². The summed E-state index contributed by atoms with van der Waals surface area (Å²) in [5.41, 5.74) is 0.822. The van der Waals surface area contributed by atoms with Gasteiger partial charge in [0.2, 0.25) is 0 Å². The molecule has 24 heavy (non-hydrogen) atoms. The minimum absolute atomic E-state index is 0.0689. The second kappa shape index (κ2) is 7.57. The van der Waals surface area contributed by atoms with E-state index in [2.05, 4.69) is 4.98 Å². The third kappa shape index (κ3) is 3.92. The predicted octanol–water partition coefficient (Wildman–Crippen LogP) is 5.68. The summed E-state index contributed by atoms with van der Waals surface area (Å²) in [7, 11) is 0. The Balaban J connectivity index is 1.61. The van der Waals surface area contributed by atoms with Crippen LogP contribution in [-0.4, -0.2) is 22.3 Å². The van der Waals surface area contributed by atoms with Gasteiger partial charge in [-0.15, -0.1) is 11.3 Å². The van der Waals surface area contributed by atoms with E-state index >= 15 is 0 Å². The first-order valence-electron chi connectivity index (χ1n) is 6.79. The molecule has 0 radical (unpaired) electrons. The summed E-state index contributed by atoms with van der Waals surface area (Å²) in [4.78, 5) is 14.8. The normalized spacial score (nSPS) is 10.9. The summed E-state index contributed by atoms with van der Waals surface area (Å²) in [6.07, 6.45) is 0. The number of hydrogen-bond donors (Lipinski definition) is 0. The molecule has 0 amide bonds. The molecule has 124 valence electrons. The number of aromatic nitrogens is 1. The third-order valence-electron chi connectivity index (χ3n) is 3.04. The fraction of sp³-hybridized carbons (Fsp3) is 0.133. The van der Waals surface area contributed by atoms with Crippen LogP contribution < -0.4 is 4.74 Å². The van der Waals surface area contributed by atoms with Gasteiger partial charge in [0.15, 0.2) is 10.1 Å². The van der Waals surface area contributed by atoms with Gasteiger partial charge < -0.3 is 4.74 Å². The van der Waals surface area contributed by atoms with Crippen molar-refractivity contribution in [1.29, 1.82) is 0 Å². The van der Waals surface area contributed by atoms with E-state index in [1.54, 1.807) is 24.3 Å². The van der Waals surface area contributed by atoms with Gasteiger partial charge in [0, 0.05) is 17.9 Å². The highest BCUT2D eigenvalue weighted by Gasteiger charge is 2.11. The third-order valence-corrected chi connectivity index (χ3v) is 5.76. The molecular weight excluding hydrogens is 391 g/mol. The monoisotopic (exact) mass is 400 g/mol. The summed E-state index contributed by atoms with van der Waals surface area (Å²) in [5.74, 6) is 1.13. The quantitative estimate of drug-likeness (QED) is 0.230. The van der Waals surface area contributed by atoms with E-state index in [1.807, 2.05) is 0 Å². The lowest BCUT2D eigenvalue weighted by molar-refractivity contribution is -0.384. The average molecular weight is 401 g/mol. The van der Waals surface area contributed by atoms with E-state index in [-0.39, 0.29) is 5.69 Å². The first-order valence-corrected chi connectivity index (χ1v) is 9.35. The summed E-state index contributed by atoms with van der Waals surface area (Å²) in [6, 6.07) is 9.85. The maximum absolute atomic E-state index is 10.8. The van der Waals surface area contributed by atoms with Crippen LogP contribution in [0.15, 0.2) is 40.7 Å². The molecule has 0 aliphatic rings. The highest BCUT2D eigenvalue weighted by molar-refractivity contribution is 8.01. The molecule has 0 saturated carbocycles. The molecule has 0 N–H and O–H groups in total. The van der Waals surface area contributed by atoms with Gasteiger partial charge >= 0.3 is 0 Å². The molecule has 5 nitrogen and oxygen atoms in total. The number of hydrogen-bond acceptors (Lipinski definition) is 6. The summed E-state index contributed by atoms with van der Waals surface area (Å²) < 4.78 is 7.24. The van der Waals surface area contributed by atoms with Crippen molar-refractivity contribution in [2.24, 2.45) is 0 Å². The highest BCUT2D eigenvalue weighted by Crippen LogP contribution is 2.34. The number of nitro benzene ring substituents is 1. The van der Waals surface area contributed by atoms with Gasteiger partial charge in [0.1, 0.15) is 0 Å². The fourth-order valence-electron chi connectivity index (χ4n) is 1.96. The van der Waals surface area contributed by atoms with Crippen molar-refractivity contribution in [3.8, 4) is 5.75 Å². The molecule has 0 fully saturated rings. The van der Waals surface area contributed by atoms with Crippen molar-refractivity contribution in [2.75, 3.05) is 12.4 Å². The second-order valence-electron chi connectivity index (χ2n) is 4.64. The maximum atomic E-state index is 10.8. The first-order chi connectivity index (χ1) is 11.5. The smallest absolute Gasteiger partial charge is 0.270 e. The number of nitro groups is 1. The van der Waals surface area contributed by atoms with Crippen molar-refractivity contribution in [3.05, 3.63) is 56.6 Å². The van der Waals surface area contributed by atoms with Crippen LogP contribution in [0.3, 0.4) is 0 Å². The molecule has 2 aromatic carbocycles. The Morgan fingerprint density at radius 2 is 2.00 bits per heavy atom. The molecule has 0 unspecified atom stereocenters. The van der Waals surface area contributed by atoms with Crippen LogP contribution in [-0.2, 0) is 0 Å². The largest absolute Gasteiger partial charge is 0.490 e. The molecule has 1 aromatic heterocycles. The number of non-ortho nitro benzene ring substituents is 1. The fourth-order valence-corrected chi connectivity index (χ4v) is 4.46. The van der Waals surface area contributed by atoms with Gasteiger partial charge in [-0.3, -0.25) is 10.1 Å². The molecule has 3 aromatic rings. The Bertz CT molecular complexity index is 881. The molecule has 9 heteroatoms. The molecule has 0 atom stereocenters. The number of thioether (sulfide) groups is 1. The zero-order valence-electron chi connectivity index (χ0n) is 12.1. The van der Waals surface area contributed by atoms with E-state index in [0.29, 0.717) is 28.2 Å². The van der Waals surface area contributed by atoms with Crippen LogP contribution in [0.1, 0.15) is 0 Å². The first kappa shape index (κ1) is 17.3. The number of rotatable bonds is 6. The lowest BCUT2D eigenvalue weighted by Crippen LogP contribution is -2.00. The Morgan fingerprint density at radius 3 is 2.71 bits per heavy atom. The van der Waals surface area contributed by atoms with E-state index in [1.165, 1.54) is 35.2 Å². The van der Waals surface area contributed by atoms with Crippen LogP contribution in [0.25, 0.3) is 10.2 Å². The zero-order chi connectivity index (χ0) is 17.1. The van der Waals surface area contributed by atoms with Gasteiger partial charge in [-0.1, -0.05) is 41.0 Å². The van der Waals surface area contributed by atoms with Gasteiger partial charge in [-0.25, -0.2) is 4.98 Å². The molecule has 0 bridgehead atoms. The minimum atomic E-state index is -0.410. The number of para-hydroxylation sites is 1. The zero-order valence-corrected chi connectivity index (χ0v) is 15.2. The van der Waals surface area contributed by atoms with Gasteiger partial charge in [0.25, 0.3) is 5.69 Å². The Hall–Kier alpha value is -1.54. The lowest BCUT2D eigenvalue weighted by atomic mass is 10.3. The van der Waals surface area contributed by atoms with E-state index < -0.39 is 4.92 Å². The van der Waals surface area contributed by atoms with Crippen molar-refractivity contribution in [1.82, 2.24) is 4.98 Å². The lowest BCUT2D eigenvalue weighted by Gasteiger charge is -2.08. The predicted molar refractivity (Wildman–Crippen MR) is 99.0 cm³/mol. The molecular formula is C15H10Cl2N2O3S2. The molecule has 0 aliphatic carbocycles. The Labute approximate surface area is 155 Å². The Kier molecular flexibility index (Phi) is 5.45. The van der Waals surface area contributed by atoms with Crippen molar-refractivity contribution in [2.45, 2.75) is 4.34 Å². The van der Waals surface area contributed by atoms with Crippen molar-refractivity contribution in [3.63, 3.8) is 0 Å². The summed E-state index contributed by atoms with van der Waals surface area (Å²) in [5, 5.41) is 11.7. The number of halogens is 2.